The Bertz CT molecular complexity index is 312. The van der Waals surface area contributed by atoms with Crippen LogP contribution in [0.5, 0.6) is 0 Å². The molecule has 4 saturated carbocycles. The maximum atomic E-state index is 12.7. The molecular weight excluding hydrogens is 222 g/mol. The summed E-state index contributed by atoms with van der Waals surface area (Å²) >= 11 is 0. The molecule has 4 fully saturated rings. The predicted molar refractivity (Wildman–Crippen MR) is 73.0 cm³/mol. The number of nitrogens with one attached hydrogen (secondary N) is 1. The van der Waals surface area contributed by atoms with E-state index in [0.29, 0.717) is 17.9 Å². The average molecular weight is 249 g/mol. The molecule has 1 atom stereocenters. The molecule has 4 bridgehead atoms. The zero-order valence-corrected chi connectivity index (χ0v) is 12.0. The van der Waals surface area contributed by atoms with Gasteiger partial charge >= 0.3 is 0 Å². The summed E-state index contributed by atoms with van der Waals surface area (Å²) in [5.41, 5.74) is 0.0257. The first-order valence-corrected chi connectivity index (χ1v) is 7.79. The van der Waals surface area contributed by atoms with Crippen molar-refractivity contribution in [2.45, 2.75) is 65.3 Å². The van der Waals surface area contributed by atoms with Crippen LogP contribution in [0.3, 0.4) is 0 Å². The smallest absolute Gasteiger partial charge is 0.226 e. The zero-order chi connectivity index (χ0) is 12.9. The van der Waals surface area contributed by atoms with Crippen LogP contribution in [0.25, 0.3) is 0 Å². The van der Waals surface area contributed by atoms with Crippen molar-refractivity contribution in [2.75, 3.05) is 0 Å². The van der Waals surface area contributed by atoms with Gasteiger partial charge in [-0.3, -0.25) is 4.79 Å². The number of rotatable bonds is 3. The fraction of sp³-hybridized carbons (Fsp3) is 0.938. The van der Waals surface area contributed by atoms with Gasteiger partial charge in [-0.1, -0.05) is 13.8 Å². The van der Waals surface area contributed by atoms with Crippen LogP contribution in [0.4, 0.5) is 0 Å². The summed E-state index contributed by atoms with van der Waals surface area (Å²) < 4.78 is 0. The highest BCUT2D eigenvalue weighted by molar-refractivity contribution is 5.83. The topological polar surface area (TPSA) is 29.1 Å². The van der Waals surface area contributed by atoms with E-state index in [1.165, 1.54) is 38.5 Å². The van der Waals surface area contributed by atoms with Gasteiger partial charge in [-0.15, -0.1) is 0 Å². The van der Waals surface area contributed by atoms with Crippen LogP contribution in [0.2, 0.25) is 0 Å². The number of carbonyl (C=O) groups excluding carboxylic acids is 1. The summed E-state index contributed by atoms with van der Waals surface area (Å²) in [5.74, 6) is 3.48. The molecule has 0 saturated heterocycles. The van der Waals surface area contributed by atoms with E-state index in [2.05, 4.69) is 26.1 Å². The lowest BCUT2D eigenvalue weighted by molar-refractivity contribution is -0.147. The molecule has 102 valence electrons. The van der Waals surface area contributed by atoms with Gasteiger partial charge in [0.05, 0.1) is 0 Å². The molecule has 0 aromatic carbocycles. The minimum Gasteiger partial charge on any atom is -0.353 e. The van der Waals surface area contributed by atoms with E-state index in [1.54, 1.807) is 0 Å². The Balaban J connectivity index is 1.73. The maximum absolute atomic E-state index is 12.7. The normalized spacial score (nSPS) is 43.2. The second-order valence-electron chi connectivity index (χ2n) is 7.70. The van der Waals surface area contributed by atoms with Crippen molar-refractivity contribution in [1.29, 1.82) is 0 Å². The van der Waals surface area contributed by atoms with E-state index < -0.39 is 0 Å². The fourth-order valence-corrected chi connectivity index (χ4v) is 4.92. The molecule has 0 radical (unpaired) electrons. The van der Waals surface area contributed by atoms with Crippen LogP contribution in [-0.2, 0) is 4.79 Å². The van der Waals surface area contributed by atoms with Crippen molar-refractivity contribution in [1.82, 2.24) is 5.32 Å². The van der Waals surface area contributed by atoms with Crippen molar-refractivity contribution in [2.24, 2.45) is 29.1 Å². The quantitative estimate of drug-likeness (QED) is 0.816. The van der Waals surface area contributed by atoms with Crippen molar-refractivity contribution in [3.63, 3.8) is 0 Å². The number of hydrogen-bond acceptors (Lipinski definition) is 1. The summed E-state index contributed by atoms with van der Waals surface area (Å²) in [7, 11) is 0. The Morgan fingerprint density at radius 2 is 1.44 bits per heavy atom. The van der Waals surface area contributed by atoms with Crippen molar-refractivity contribution in [3.05, 3.63) is 0 Å². The van der Waals surface area contributed by atoms with Crippen LogP contribution >= 0.6 is 0 Å². The standard InChI is InChI=1S/C16H27NO/c1-10(2)11(3)17-15(18)16-7-12-4-13(8-16)6-14(5-12)9-16/h10-14H,4-9H2,1-3H3,(H,17,18). The molecule has 0 spiro atoms. The third kappa shape index (κ3) is 1.98. The van der Waals surface area contributed by atoms with Gasteiger partial charge in [0.2, 0.25) is 5.91 Å². The molecule has 1 N–H and O–H groups in total. The lowest BCUT2D eigenvalue weighted by Crippen LogP contribution is -2.55. The molecule has 0 aromatic rings. The second kappa shape index (κ2) is 4.25. The van der Waals surface area contributed by atoms with Crippen molar-refractivity contribution < 1.29 is 4.79 Å². The van der Waals surface area contributed by atoms with E-state index in [9.17, 15) is 4.79 Å². The highest BCUT2D eigenvalue weighted by Gasteiger charge is 2.54. The van der Waals surface area contributed by atoms with E-state index in [-0.39, 0.29) is 5.41 Å². The minimum atomic E-state index is 0.0257. The Labute approximate surface area is 111 Å². The highest BCUT2D eigenvalue weighted by Crippen LogP contribution is 2.60. The Hall–Kier alpha value is -0.530. The average Bonchev–Trinajstić information content (AvgIpc) is 2.26. The van der Waals surface area contributed by atoms with Gasteiger partial charge in [-0.25, -0.2) is 0 Å². The van der Waals surface area contributed by atoms with E-state index in [1.807, 2.05) is 0 Å². The van der Waals surface area contributed by atoms with Crippen LogP contribution in [-0.4, -0.2) is 11.9 Å². The molecule has 1 amide bonds. The van der Waals surface area contributed by atoms with Crippen LogP contribution in [0, 0.1) is 29.1 Å². The molecule has 2 nitrogen and oxygen atoms in total. The van der Waals surface area contributed by atoms with Gasteiger partial charge in [-0.05, 0) is 69.1 Å². The number of carbonyl (C=O) groups is 1. The summed E-state index contributed by atoms with van der Waals surface area (Å²) in [5, 5.41) is 3.30. The molecule has 0 aliphatic heterocycles. The molecule has 2 heteroatoms. The van der Waals surface area contributed by atoms with Gasteiger partial charge in [0.15, 0.2) is 0 Å². The first kappa shape index (κ1) is 12.5. The highest BCUT2D eigenvalue weighted by atomic mass is 16.2. The van der Waals surface area contributed by atoms with Gasteiger partial charge in [-0.2, -0.15) is 0 Å². The summed E-state index contributed by atoms with van der Waals surface area (Å²) in [6, 6.07) is 0.311. The number of hydrogen-bond donors (Lipinski definition) is 1. The summed E-state index contributed by atoms with van der Waals surface area (Å²) in [6.45, 7) is 6.51. The summed E-state index contributed by atoms with van der Waals surface area (Å²) in [4.78, 5) is 12.7. The van der Waals surface area contributed by atoms with Crippen LogP contribution in [0.15, 0.2) is 0 Å². The van der Waals surface area contributed by atoms with Gasteiger partial charge in [0.1, 0.15) is 0 Å². The third-order valence-electron chi connectivity index (χ3n) is 5.88. The second-order valence-corrected chi connectivity index (χ2v) is 7.70. The van der Waals surface area contributed by atoms with Crippen LogP contribution in [0.1, 0.15) is 59.3 Å². The van der Waals surface area contributed by atoms with E-state index in [0.717, 1.165) is 17.8 Å². The largest absolute Gasteiger partial charge is 0.353 e. The van der Waals surface area contributed by atoms with Crippen molar-refractivity contribution in [3.8, 4) is 0 Å². The Morgan fingerprint density at radius 1 is 1.00 bits per heavy atom. The Kier molecular flexibility index (Phi) is 2.95. The first-order valence-electron chi connectivity index (χ1n) is 7.79. The minimum absolute atomic E-state index is 0.0257. The SMILES string of the molecule is CC(C)C(C)NC(=O)C12CC3CC(CC(C3)C1)C2. The molecular formula is C16H27NO. The Morgan fingerprint density at radius 3 is 1.83 bits per heavy atom. The molecule has 4 aliphatic rings. The lowest BCUT2D eigenvalue weighted by Gasteiger charge is -2.55. The zero-order valence-electron chi connectivity index (χ0n) is 12.0. The predicted octanol–water partition coefficient (Wildman–Crippen LogP) is 3.36. The third-order valence-corrected chi connectivity index (χ3v) is 5.88. The summed E-state index contributed by atoms with van der Waals surface area (Å²) in [6.07, 6.45) is 7.76. The van der Waals surface area contributed by atoms with E-state index in [4.69, 9.17) is 0 Å². The molecule has 18 heavy (non-hydrogen) atoms. The maximum Gasteiger partial charge on any atom is 0.226 e. The van der Waals surface area contributed by atoms with Gasteiger partial charge in [0, 0.05) is 11.5 Å². The number of amides is 1. The molecule has 0 heterocycles. The molecule has 1 unspecified atom stereocenters. The fourth-order valence-electron chi connectivity index (χ4n) is 4.92. The molecule has 0 aromatic heterocycles. The molecule has 4 rings (SSSR count). The van der Waals surface area contributed by atoms with E-state index >= 15 is 0 Å². The first-order chi connectivity index (χ1) is 8.48. The van der Waals surface area contributed by atoms with Crippen LogP contribution < -0.4 is 5.32 Å². The molecule has 4 aliphatic carbocycles. The van der Waals surface area contributed by atoms with Gasteiger partial charge in [0.25, 0.3) is 0 Å². The van der Waals surface area contributed by atoms with Gasteiger partial charge < -0.3 is 5.32 Å². The monoisotopic (exact) mass is 249 g/mol. The van der Waals surface area contributed by atoms with Crippen molar-refractivity contribution >= 4 is 5.91 Å². The lowest BCUT2D eigenvalue weighted by atomic mass is 9.49.